The molecule has 4 saturated heterocycles. The standard InChI is InChI=1S/C26H29N7O2.C25H30N6O2.C24H27FN6O2.C23H26N6O2/c1-17(34)31-9-6-25-23(15-31)26(29-33(25)21-7-10-35-16-21)32-14-19(5-8-27)22-11-18(3-4-24(22)32)20-12-28-30(2)13-20;1-16-12-30(23-5-4-18(10-21(16)23)19-11-26-28(3)13-19)25-22-14-29(17(2)32)8-6-24(22)31(27-25)20-7-9-33-15-20;1-15(32)29-6-4-22-20(13-29)24(27-31(22)18-5-8-33-14-18)30-7-3-19-21(25)9-16(10-23(19)30)17-11-26-28(2)12-17;1-15(30)27-7-6-22-20(12-27)23(25-29(22)19-13-31-14-19)28-8-5-17-9-16(3-4-21(17)28)18-10-24-26(2)11-18/h3-4,11-13,19,21H,5-7,9-10,14-16H2,1-2H3;4-5,10-11,13,16,20H,6-9,12,14-15H2,1-3H3;9-12,18H,3-8,13-14H2,1-2H3;3-4,9-11,19H,5-8,12-14H2,1-2H3/t;16-,20-;;/m.0../s1. The Hall–Kier alpha value is -13.1. The van der Waals surface area contributed by atoms with Gasteiger partial charge < -0.3 is 58.1 Å². The fourth-order valence-corrected chi connectivity index (χ4v) is 21.6. The van der Waals surface area contributed by atoms with E-state index in [1.54, 1.807) is 49.3 Å². The second-order valence-corrected chi connectivity index (χ2v) is 37.2. The van der Waals surface area contributed by atoms with Crippen LogP contribution in [0.2, 0.25) is 0 Å². The number of ether oxygens (including phenoxy) is 4. The van der Waals surface area contributed by atoms with E-state index < -0.39 is 0 Å². The molecule has 0 saturated carbocycles. The van der Waals surface area contributed by atoms with Crippen molar-refractivity contribution in [2.45, 2.75) is 161 Å². The Morgan fingerprint density at radius 2 is 0.765 bits per heavy atom. The van der Waals surface area contributed by atoms with E-state index in [0.29, 0.717) is 97.0 Å². The molecule has 33 nitrogen and oxygen atoms in total. The van der Waals surface area contributed by atoms with Crippen molar-refractivity contribution in [2.24, 2.45) is 28.2 Å². The van der Waals surface area contributed by atoms with E-state index in [1.165, 1.54) is 73.1 Å². The highest BCUT2D eigenvalue weighted by Crippen LogP contribution is 2.51. The summed E-state index contributed by atoms with van der Waals surface area (Å²) >= 11 is 0. The van der Waals surface area contributed by atoms with Gasteiger partial charge in [-0.25, -0.2) is 4.39 Å². The van der Waals surface area contributed by atoms with E-state index in [4.69, 9.17) is 39.3 Å². The number of rotatable bonds is 13. The van der Waals surface area contributed by atoms with Crippen molar-refractivity contribution in [2.75, 3.05) is 125 Å². The summed E-state index contributed by atoms with van der Waals surface area (Å²) in [6.07, 6.45) is 23.6. The molecular formula is C98H112FN25O8. The maximum Gasteiger partial charge on any atom is 0.219 e. The molecule has 34 heteroatoms. The monoisotopic (exact) mass is 1790 g/mol. The van der Waals surface area contributed by atoms with Gasteiger partial charge in [-0.1, -0.05) is 25.1 Å². The number of nitriles is 1. The molecule has 4 amide bonds. The van der Waals surface area contributed by atoms with Gasteiger partial charge in [0, 0.05) is 292 Å². The van der Waals surface area contributed by atoms with Crippen LogP contribution in [-0.2, 0) is 131 Å². The van der Waals surface area contributed by atoms with Crippen LogP contribution in [0.1, 0.15) is 164 Å². The van der Waals surface area contributed by atoms with Crippen LogP contribution in [0.3, 0.4) is 0 Å². The van der Waals surface area contributed by atoms with Gasteiger partial charge in [-0.15, -0.1) is 0 Å². The first kappa shape index (κ1) is 85.7. The Morgan fingerprint density at radius 1 is 0.394 bits per heavy atom. The lowest BCUT2D eigenvalue weighted by Gasteiger charge is -2.31. The molecule has 4 fully saturated rings. The second kappa shape index (κ2) is 35.2. The molecule has 132 heavy (non-hydrogen) atoms. The average Bonchev–Trinajstić information content (AvgIpc) is 1.62. The van der Waals surface area contributed by atoms with Crippen molar-refractivity contribution < 1.29 is 42.5 Å². The molecule has 0 N–H and O–H groups in total. The predicted octanol–water partition coefficient (Wildman–Crippen LogP) is 12.1. The van der Waals surface area contributed by atoms with E-state index in [2.05, 4.69) is 133 Å². The Morgan fingerprint density at radius 3 is 1.16 bits per heavy atom. The normalized spacial score (nSPS) is 20.3. The smallest absolute Gasteiger partial charge is 0.219 e. The third-order valence-corrected chi connectivity index (χ3v) is 28.8. The zero-order valence-corrected chi connectivity index (χ0v) is 76.5. The van der Waals surface area contributed by atoms with Crippen LogP contribution >= 0.6 is 0 Å². The number of hydrogen-bond acceptors (Lipinski definition) is 21. The molecule has 3 unspecified atom stereocenters. The highest BCUT2D eigenvalue weighted by Gasteiger charge is 2.43. The molecule has 684 valence electrons. The van der Waals surface area contributed by atoms with Crippen molar-refractivity contribution in [3.05, 3.63) is 189 Å². The van der Waals surface area contributed by atoms with Gasteiger partial charge in [0.15, 0.2) is 23.3 Å². The van der Waals surface area contributed by atoms with Gasteiger partial charge in [0.1, 0.15) is 5.82 Å². The van der Waals surface area contributed by atoms with Gasteiger partial charge in [0.05, 0.1) is 114 Å². The van der Waals surface area contributed by atoms with E-state index in [0.717, 1.165) is 195 Å². The minimum Gasteiger partial charge on any atom is -0.379 e. The van der Waals surface area contributed by atoms with Crippen LogP contribution in [0, 0.1) is 17.1 Å². The summed E-state index contributed by atoms with van der Waals surface area (Å²) in [5, 5.41) is 47.2. The lowest BCUT2D eigenvalue weighted by molar-refractivity contribution is -0.130. The van der Waals surface area contributed by atoms with Crippen LogP contribution in [0.4, 0.5) is 50.4 Å². The van der Waals surface area contributed by atoms with Crippen LogP contribution in [0.15, 0.2) is 116 Å². The van der Waals surface area contributed by atoms with Crippen molar-refractivity contribution in [1.29, 1.82) is 5.26 Å². The molecule has 24 rings (SSSR count). The number of nitrogens with zero attached hydrogens (tertiary/aromatic N) is 25. The van der Waals surface area contributed by atoms with Gasteiger partial charge in [-0.2, -0.15) is 46.1 Å². The predicted molar refractivity (Wildman–Crippen MR) is 493 cm³/mol. The Balaban J connectivity index is 0.000000106. The van der Waals surface area contributed by atoms with Gasteiger partial charge in [0.25, 0.3) is 0 Å². The lowest BCUT2D eigenvalue weighted by atomic mass is 9.95. The van der Waals surface area contributed by atoms with Crippen LogP contribution in [0.5, 0.6) is 0 Å². The van der Waals surface area contributed by atoms with Crippen LogP contribution in [-0.4, -0.2) is 227 Å². The summed E-state index contributed by atoms with van der Waals surface area (Å²) < 4.78 is 53.4. The van der Waals surface area contributed by atoms with E-state index >= 15 is 4.39 Å². The Labute approximate surface area is 765 Å². The first-order valence-electron chi connectivity index (χ1n) is 46.5. The van der Waals surface area contributed by atoms with Crippen molar-refractivity contribution in [1.82, 2.24) is 97.8 Å². The number of amides is 4. The highest BCUT2D eigenvalue weighted by molar-refractivity contribution is 5.83. The Kier molecular flexibility index (Phi) is 22.9. The maximum absolute atomic E-state index is 15.1. The van der Waals surface area contributed by atoms with Crippen molar-refractivity contribution in [3.8, 4) is 50.6 Å². The molecule has 0 spiro atoms. The molecule has 5 atom stereocenters. The summed E-state index contributed by atoms with van der Waals surface area (Å²) in [7, 11) is 7.65. The number of hydrogen-bond donors (Lipinski definition) is 0. The number of anilines is 8. The Bertz CT molecular complexity index is 6510. The quantitative estimate of drug-likeness (QED) is 0.104. The average molecular weight is 1790 g/mol. The molecule has 0 radical (unpaired) electrons. The molecule has 0 aliphatic carbocycles. The third-order valence-electron chi connectivity index (χ3n) is 28.8. The summed E-state index contributed by atoms with van der Waals surface area (Å²) in [4.78, 5) is 65.4. The molecule has 20 heterocycles. The van der Waals surface area contributed by atoms with Crippen molar-refractivity contribution in [3.63, 3.8) is 0 Å². The summed E-state index contributed by atoms with van der Waals surface area (Å²) in [6.45, 7) is 23.0. The van der Waals surface area contributed by atoms with Crippen LogP contribution in [0.25, 0.3) is 44.5 Å². The van der Waals surface area contributed by atoms with Gasteiger partial charge in [-0.05, 0) is 120 Å². The SMILES string of the molecule is CC(=O)N1CCc2c(c(N3CC(CC#N)c4cc(-c5cnn(C)c5)ccc43)nn2C2CCOC2)C1.CC(=O)N1CCc2c(c(N3CCc4c(F)cc(-c5cnn(C)c5)cc43)nn2C2CCOC2)C1.CC(=O)N1CCc2c(c(N3CCc4cc(-c5cnn(C)c5)ccc43)nn2C2COC2)C1.CC(=O)N1CCc2c(c(N3C[C@H](C)c4cc(-c5cnn(C)c5)ccc43)nn2[C@H]2CCOC2)C1. The summed E-state index contributed by atoms with van der Waals surface area (Å²) in [5.41, 5.74) is 26.9. The van der Waals surface area contributed by atoms with Gasteiger partial charge in [0.2, 0.25) is 23.6 Å². The minimum atomic E-state index is -0.197. The third kappa shape index (κ3) is 15.9. The maximum atomic E-state index is 15.1. The lowest BCUT2D eigenvalue weighted by Crippen LogP contribution is -2.37. The molecular weight excluding hydrogens is 1670 g/mol. The van der Waals surface area contributed by atoms with Crippen molar-refractivity contribution >= 4 is 69.6 Å². The largest absolute Gasteiger partial charge is 0.379 e. The molecule has 0 bridgehead atoms. The van der Waals surface area contributed by atoms with Gasteiger partial charge >= 0.3 is 0 Å². The first-order valence-corrected chi connectivity index (χ1v) is 46.5. The van der Waals surface area contributed by atoms with E-state index in [1.807, 2.05) is 100 Å². The second-order valence-electron chi connectivity index (χ2n) is 37.2. The molecule has 12 aliphatic rings. The number of benzene rings is 4. The number of aromatic nitrogens is 16. The zero-order valence-electron chi connectivity index (χ0n) is 76.5. The van der Waals surface area contributed by atoms with Gasteiger partial charge in [-0.3, -0.25) is 56.6 Å². The van der Waals surface area contributed by atoms with Crippen LogP contribution < -0.4 is 19.6 Å². The zero-order chi connectivity index (χ0) is 90.6. The molecule has 8 aromatic heterocycles. The summed E-state index contributed by atoms with van der Waals surface area (Å²) in [6, 6.07) is 26.8. The highest BCUT2D eigenvalue weighted by atomic mass is 19.1. The molecule has 12 aromatic rings. The van der Waals surface area contributed by atoms with E-state index in [-0.39, 0.29) is 53.5 Å². The topological polar surface area (TPSA) is 297 Å². The number of halogens is 1. The number of carbonyl (C=O) groups is 4. The fourth-order valence-electron chi connectivity index (χ4n) is 21.6. The minimum absolute atomic E-state index is 0.0651. The fraction of sp³-hybridized carbons (Fsp3) is 0.459. The first-order chi connectivity index (χ1) is 64.1. The molecule has 4 aromatic carbocycles. The number of aryl methyl sites for hydroxylation is 4. The number of fused-ring (bicyclic) bond motifs is 8. The molecule has 12 aliphatic heterocycles. The summed E-state index contributed by atoms with van der Waals surface area (Å²) in [5.74, 6) is 4.44. The number of carbonyl (C=O) groups excluding carboxylic acids is 4. The van der Waals surface area contributed by atoms with E-state index in [9.17, 15) is 24.4 Å².